The highest BCUT2D eigenvalue weighted by molar-refractivity contribution is 7.15. The van der Waals surface area contributed by atoms with E-state index in [9.17, 15) is 9.90 Å². The van der Waals surface area contributed by atoms with Crippen molar-refractivity contribution in [3.63, 3.8) is 0 Å². The summed E-state index contributed by atoms with van der Waals surface area (Å²) in [7, 11) is 0. The fourth-order valence-electron chi connectivity index (χ4n) is 2.72. The quantitative estimate of drug-likeness (QED) is 0.390. The van der Waals surface area contributed by atoms with Gasteiger partial charge < -0.3 is 5.11 Å². The number of halogens is 2. The zero-order chi connectivity index (χ0) is 21.1. The van der Waals surface area contributed by atoms with E-state index in [1.54, 1.807) is 18.2 Å². The topological polar surface area (TPSA) is 79.2 Å². The SMILES string of the molecule is C=CCN(C(=O)O)c1cccc(-c2nc(C(C)C)sc2-c2ccnc(Cl)n2)c1F. The Morgan fingerprint density at radius 2 is 2.14 bits per heavy atom. The molecule has 2 heterocycles. The smallest absolute Gasteiger partial charge is 0.412 e. The second-order valence-corrected chi connectivity index (χ2v) is 7.78. The molecule has 0 spiro atoms. The Morgan fingerprint density at radius 3 is 2.76 bits per heavy atom. The maximum Gasteiger partial charge on any atom is 0.412 e. The van der Waals surface area contributed by atoms with Crippen molar-refractivity contribution in [3.8, 4) is 21.8 Å². The molecule has 0 atom stereocenters. The predicted molar refractivity (Wildman–Crippen MR) is 113 cm³/mol. The molecule has 3 aromatic rings. The molecule has 6 nitrogen and oxygen atoms in total. The number of hydrogen-bond donors (Lipinski definition) is 1. The zero-order valence-electron chi connectivity index (χ0n) is 15.8. The summed E-state index contributed by atoms with van der Waals surface area (Å²) in [5.74, 6) is -0.564. The van der Waals surface area contributed by atoms with E-state index in [-0.39, 0.29) is 29.0 Å². The summed E-state index contributed by atoms with van der Waals surface area (Å²) in [5.41, 5.74) is 1.03. The van der Waals surface area contributed by atoms with Crippen molar-refractivity contribution in [1.29, 1.82) is 0 Å². The Morgan fingerprint density at radius 1 is 1.38 bits per heavy atom. The Labute approximate surface area is 176 Å². The third-order valence-corrected chi connectivity index (χ3v) is 5.62. The lowest BCUT2D eigenvalue weighted by molar-refractivity contribution is 0.202. The van der Waals surface area contributed by atoms with E-state index in [1.807, 2.05) is 13.8 Å². The summed E-state index contributed by atoms with van der Waals surface area (Å²) >= 11 is 7.33. The van der Waals surface area contributed by atoms with Gasteiger partial charge in [-0.2, -0.15) is 0 Å². The molecule has 1 amide bonds. The van der Waals surface area contributed by atoms with E-state index >= 15 is 4.39 Å². The van der Waals surface area contributed by atoms with Crippen LogP contribution in [-0.2, 0) is 0 Å². The minimum Gasteiger partial charge on any atom is -0.465 e. The van der Waals surface area contributed by atoms with Crippen LogP contribution in [0.2, 0.25) is 5.28 Å². The summed E-state index contributed by atoms with van der Waals surface area (Å²) in [6.07, 6.45) is 1.64. The fraction of sp³-hybridized carbons (Fsp3) is 0.200. The third kappa shape index (κ3) is 4.28. The first-order valence-corrected chi connectivity index (χ1v) is 9.92. The highest BCUT2D eigenvalue weighted by Gasteiger charge is 2.24. The Balaban J connectivity index is 2.22. The number of rotatable bonds is 6. The first kappa shape index (κ1) is 20.9. The Kier molecular flexibility index (Phi) is 6.24. The highest BCUT2D eigenvalue weighted by atomic mass is 35.5. The van der Waals surface area contributed by atoms with E-state index < -0.39 is 11.9 Å². The van der Waals surface area contributed by atoms with Crippen molar-refractivity contribution in [2.75, 3.05) is 11.4 Å². The van der Waals surface area contributed by atoms with E-state index in [2.05, 4.69) is 21.5 Å². The van der Waals surface area contributed by atoms with Crippen LogP contribution in [-0.4, -0.2) is 32.7 Å². The molecule has 0 unspecified atom stereocenters. The Hall–Kier alpha value is -2.84. The number of carbonyl (C=O) groups is 1. The lowest BCUT2D eigenvalue weighted by atomic mass is 10.1. The van der Waals surface area contributed by atoms with Crippen LogP contribution >= 0.6 is 22.9 Å². The van der Waals surface area contributed by atoms with Crippen molar-refractivity contribution in [1.82, 2.24) is 15.0 Å². The molecule has 1 aromatic carbocycles. The number of thiazole rings is 1. The molecule has 0 saturated carbocycles. The number of aromatic nitrogens is 3. The molecule has 9 heteroatoms. The van der Waals surface area contributed by atoms with Crippen LogP contribution in [0.15, 0.2) is 43.1 Å². The van der Waals surface area contributed by atoms with E-state index in [0.717, 1.165) is 9.91 Å². The van der Waals surface area contributed by atoms with Crippen molar-refractivity contribution >= 4 is 34.7 Å². The monoisotopic (exact) mass is 432 g/mol. The number of hydrogen-bond acceptors (Lipinski definition) is 5. The largest absolute Gasteiger partial charge is 0.465 e. The molecule has 0 radical (unpaired) electrons. The van der Waals surface area contributed by atoms with Gasteiger partial charge in [0.1, 0.15) is 0 Å². The second kappa shape index (κ2) is 8.67. The first-order valence-electron chi connectivity index (χ1n) is 8.73. The summed E-state index contributed by atoms with van der Waals surface area (Å²) in [5, 5.41) is 10.3. The molecule has 3 rings (SSSR count). The highest BCUT2D eigenvalue weighted by Crippen LogP contribution is 2.40. The van der Waals surface area contributed by atoms with E-state index in [0.29, 0.717) is 16.3 Å². The van der Waals surface area contributed by atoms with Gasteiger partial charge in [-0.3, -0.25) is 4.90 Å². The van der Waals surface area contributed by atoms with Gasteiger partial charge in [-0.25, -0.2) is 24.1 Å². The minimum atomic E-state index is -1.27. The van der Waals surface area contributed by atoms with Crippen molar-refractivity contribution in [2.45, 2.75) is 19.8 Å². The van der Waals surface area contributed by atoms with Crippen LogP contribution in [0.3, 0.4) is 0 Å². The molecule has 150 valence electrons. The van der Waals surface area contributed by atoms with Gasteiger partial charge in [-0.05, 0) is 29.8 Å². The van der Waals surface area contributed by atoms with Gasteiger partial charge in [0.25, 0.3) is 0 Å². The number of nitrogens with zero attached hydrogens (tertiary/aromatic N) is 4. The number of amides is 1. The minimum absolute atomic E-state index is 0.0433. The molecule has 0 bridgehead atoms. The molecule has 2 aromatic heterocycles. The van der Waals surface area contributed by atoms with Gasteiger partial charge >= 0.3 is 6.09 Å². The normalized spacial score (nSPS) is 10.9. The molecule has 0 fully saturated rings. The van der Waals surface area contributed by atoms with Crippen molar-refractivity contribution in [2.24, 2.45) is 0 Å². The molecular weight excluding hydrogens is 415 g/mol. The summed E-state index contributed by atoms with van der Waals surface area (Å²) in [4.78, 5) is 25.9. The molecule has 29 heavy (non-hydrogen) atoms. The lowest BCUT2D eigenvalue weighted by Crippen LogP contribution is -2.30. The summed E-state index contributed by atoms with van der Waals surface area (Å²) < 4.78 is 15.4. The van der Waals surface area contributed by atoms with Gasteiger partial charge in [0.05, 0.1) is 27.0 Å². The van der Waals surface area contributed by atoms with Crippen LogP contribution in [0.5, 0.6) is 0 Å². The second-order valence-electron chi connectivity index (χ2n) is 6.42. The molecule has 0 aliphatic rings. The predicted octanol–water partition coefficient (Wildman–Crippen LogP) is 5.85. The van der Waals surface area contributed by atoms with Gasteiger partial charge in [0, 0.05) is 24.2 Å². The van der Waals surface area contributed by atoms with Crippen LogP contribution in [0, 0.1) is 5.82 Å². The average Bonchev–Trinajstić information content (AvgIpc) is 3.12. The average molecular weight is 433 g/mol. The first-order chi connectivity index (χ1) is 13.8. The molecule has 0 aliphatic carbocycles. The maximum atomic E-state index is 15.4. The van der Waals surface area contributed by atoms with E-state index in [4.69, 9.17) is 11.6 Å². The van der Waals surface area contributed by atoms with Crippen LogP contribution in [0.4, 0.5) is 14.9 Å². The Bertz CT molecular complexity index is 1070. The van der Waals surface area contributed by atoms with Gasteiger partial charge in [0.2, 0.25) is 5.28 Å². The van der Waals surface area contributed by atoms with Crippen LogP contribution < -0.4 is 4.90 Å². The molecule has 0 saturated heterocycles. The number of carboxylic acid groups (broad SMARTS) is 1. The maximum absolute atomic E-state index is 15.4. The summed E-state index contributed by atoms with van der Waals surface area (Å²) in [6, 6.07) is 6.25. The van der Waals surface area contributed by atoms with Gasteiger partial charge in [-0.1, -0.05) is 26.0 Å². The van der Waals surface area contributed by atoms with Crippen LogP contribution in [0.1, 0.15) is 24.8 Å². The number of anilines is 1. The van der Waals surface area contributed by atoms with Crippen molar-refractivity contribution in [3.05, 3.63) is 59.2 Å². The molecular formula is C20H18ClFN4O2S. The lowest BCUT2D eigenvalue weighted by Gasteiger charge is -2.19. The van der Waals surface area contributed by atoms with Gasteiger partial charge in [0.15, 0.2) is 5.82 Å². The van der Waals surface area contributed by atoms with Crippen LogP contribution in [0.25, 0.3) is 21.8 Å². The molecule has 0 aliphatic heterocycles. The zero-order valence-corrected chi connectivity index (χ0v) is 17.3. The fourth-order valence-corrected chi connectivity index (χ4v) is 3.92. The number of benzene rings is 1. The van der Waals surface area contributed by atoms with Gasteiger partial charge in [-0.15, -0.1) is 17.9 Å². The van der Waals surface area contributed by atoms with E-state index in [1.165, 1.54) is 29.7 Å². The molecule has 1 N–H and O–H groups in total. The summed E-state index contributed by atoms with van der Waals surface area (Å²) in [6.45, 7) is 7.47. The van der Waals surface area contributed by atoms with Crippen molar-refractivity contribution < 1.29 is 14.3 Å². The standard InChI is InChI=1S/C20H18ClFN4O2S/c1-4-10-26(20(27)28)14-7-5-6-12(15(14)22)16-17(29-18(25-16)11(2)3)13-8-9-23-19(21)24-13/h4-9,11H,1,10H2,2-3H3,(H,27,28). The third-order valence-electron chi connectivity index (χ3n) is 4.06.